The smallest absolute Gasteiger partial charge is 0.345 e. The Bertz CT molecular complexity index is 937. The fourth-order valence-corrected chi connectivity index (χ4v) is 2.22. The van der Waals surface area contributed by atoms with Gasteiger partial charge in [0.2, 0.25) is 0 Å². The van der Waals surface area contributed by atoms with Crippen LogP contribution in [0.1, 0.15) is 5.56 Å². The van der Waals surface area contributed by atoms with E-state index in [0.717, 1.165) is 11.3 Å². The number of benzene rings is 2. The lowest BCUT2D eigenvalue weighted by molar-refractivity contribution is 0.427. The number of tetrazole rings is 2. The van der Waals surface area contributed by atoms with Crippen molar-refractivity contribution in [1.29, 1.82) is 0 Å². The van der Waals surface area contributed by atoms with Crippen molar-refractivity contribution in [2.24, 2.45) is 0 Å². The zero-order valence-corrected chi connectivity index (χ0v) is 12.9. The first-order chi connectivity index (χ1) is 12.4. The Labute approximate surface area is 141 Å². The molecule has 0 fully saturated rings. The summed E-state index contributed by atoms with van der Waals surface area (Å²) in [5.74, 6) is 1.05. The van der Waals surface area contributed by atoms with Gasteiger partial charge in [0.05, 0.1) is 5.69 Å². The summed E-state index contributed by atoms with van der Waals surface area (Å²) >= 11 is 0. The number of nitrogens with one attached hydrogen (secondary N) is 2. The Morgan fingerprint density at radius 3 is 2.80 bits per heavy atom. The van der Waals surface area contributed by atoms with Crippen molar-refractivity contribution in [2.45, 2.75) is 6.54 Å². The molecule has 2 aromatic heterocycles. The van der Waals surface area contributed by atoms with Crippen molar-refractivity contribution >= 4 is 5.95 Å². The summed E-state index contributed by atoms with van der Waals surface area (Å²) in [6, 6.07) is 17.4. The Morgan fingerprint density at radius 2 is 1.96 bits per heavy atom. The molecule has 4 aromatic rings. The second-order valence-electron chi connectivity index (χ2n) is 5.05. The zero-order chi connectivity index (χ0) is 16.9. The maximum absolute atomic E-state index is 5.83. The summed E-state index contributed by atoms with van der Waals surface area (Å²) in [6.45, 7) is 0.528. The summed E-state index contributed by atoms with van der Waals surface area (Å²) in [5, 5.41) is 28.2. The molecular formula is C15H13N9O. The SMILES string of the molecule is c1ccc(-n2nnnc2Oc2cccc(CNc3nn[nH]n3)c2)cc1. The molecule has 0 aliphatic rings. The quantitative estimate of drug-likeness (QED) is 0.545. The Hall–Kier alpha value is -3.82. The van der Waals surface area contributed by atoms with Gasteiger partial charge >= 0.3 is 6.01 Å². The van der Waals surface area contributed by atoms with Crippen molar-refractivity contribution in [3.05, 3.63) is 60.2 Å². The topological polar surface area (TPSA) is 119 Å². The number of H-pyrrole nitrogens is 1. The summed E-state index contributed by atoms with van der Waals surface area (Å²) in [5.41, 5.74) is 1.80. The van der Waals surface area contributed by atoms with Gasteiger partial charge in [-0.1, -0.05) is 40.5 Å². The van der Waals surface area contributed by atoms with Gasteiger partial charge in [0.15, 0.2) is 0 Å². The molecule has 0 spiro atoms. The number of anilines is 1. The molecule has 0 atom stereocenters. The second kappa shape index (κ2) is 6.74. The third-order valence-corrected chi connectivity index (χ3v) is 3.35. The molecule has 2 aromatic carbocycles. The molecule has 2 heterocycles. The van der Waals surface area contributed by atoms with Crippen molar-refractivity contribution in [3.8, 4) is 17.4 Å². The highest BCUT2D eigenvalue weighted by Gasteiger charge is 2.10. The zero-order valence-electron chi connectivity index (χ0n) is 12.9. The maximum Gasteiger partial charge on any atom is 0.345 e. The molecular weight excluding hydrogens is 322 g/mol. The summed E-state index contributed by atoms with van der Waals surface area (Å²) < 4.78 is 7.36. The van der Waals surface area contributed by atoms with Crippen LogP contribution >= 0.6 is 0 Å². The molecule has 10 nitrogen and oxygen atoms in total. The van der Waals surface area contributed by atoms with Crippen LogP contribution in [0.25, 0.3) is 5.69 Å². The molecule has 4 rings (SSSR count). The minimum absolute atomic E-state index is 0.287. The normalized spacial score (nSPS) is 10.6. The molecule has 0 aliphatic carbocycles. The molecule has 0 unspecified atom stereocenters. The van der Waals surface area contributed by atoms with Crippen LogP contribution in [0.15, 0.2) is 54.6 Å². The lowest BCUT2D eigenvalue weighted by Gasteiger charge is -2.08. The van der Waals surface area contributed by atoms with E-state index in [0.29, 0.717) is 18.2 Å². The molecule has 0 saturated carbocycles. The molecule has 2 N–H and O–H groups in total. The number of ether oxygens (including phenoxy) is 1. The largest absolute Gasteiger partial charge is 0.423 e. The predicted octanol–water partition coefficient (Wildman–Crippen LogP) is 1.58. The number of rotatable bonds is 6. The average molecular weight is 335 g/mol. The van der Waals surface area contributed by atoms with Crippen molar-refractivity contribution in [3.63, 3.8) is 0 Å². The average Bonchev–Trinajstić information content (AvgIpc) is 3.33. The minimum atomic E-state index is 0.287. The second-order valence-corrected chi connectivity index (χ2v) is 5.05. The van der Waals surface area contributed by atoms with Crippen molar-refractivity contribution in [1.82, 2.24) is 40.8 Å². The van der Waals surface area contributed by atoms with E-state index in [1.807, 2.05) is 54.6 Å². The molecule has 0 aliphatic heterocycles. The Kier molecular flexibility index (Phi) is 3.98. The van der Waals surface area contributed by atoms with Crippen molar-refractivity contribution in [2.75, 3.05) is 5.32 Å². The van der Waals surface area contributed by atoms with Crippen LogP contribution in [0.5, 0.6) is 11.8 Å². The first-order valence-electron chi connectivity index (χ1n) is 7.46. The third kappa shape index (κ3) is 3.42. The van der Waals surface area contributed by atoms with E-state index >= 15 is 0 Å². The van der Waals surface area contributed by atoms with Crippen LogP contribution in [-0.4, -0.2) is 40.8 Å². The summed E-state index contributed by atoms with van der Waals surface area (Å²) in [7, 11) is 0. The van der Waals surface area contributed by atoms with Crippen LogP contribution in [0.4, 0.5) is 5.95 Å². The first kappa shape index (κ1) is 14.8. The number of hydrogen-bond acceptors (Lipinski definition) is 8. The van der Waals surface area contributed by atoms with E-state index in [4.69, 9.17) is 4.74 Å². The fourth-order valence-electron chi connectivity index (χ4n) is 2.22. The Balaban J connectivity index is 1.50. The minimum Gasteiger partial charge on any atom is -0.423 e. The van der Waals surface area contributed by atoms with Crippen molar-refractivity contribution < 1.29 is 4.74 Å². The van der Waals surface area contributed by atoms with Crippen LogP contribution in [0, 0.1) is 0 Å². The van der Waals surface area contributed by atoms with E-state index in [1.54, 1.807) is 0 Å². The molecule has 124 valence electrons. The van der Waals surface area contributed by atoms with Gasteiger partial charge in [0, 0.05) is 6.54 Å². The molecule has 10 heteroatoms. The van der Waals surface area contributed by atoms with Crippen LogP contribution in [0.2, 0.25) is 0 Å². The van der Waals surface area contributed by atoms with E-state index in [1.165, 1.54) is 4.68 Å². The highest BCUT2D eigenvalue weighted by Crippen LogP contribution is 2.22. The van der Waals surface area contributed by atoms with Gasteiger partial charge in [-0.3, -0.25) is 0 Å². The number of para-hydroxylation sites is 1. The van der Waals surface area contributed by atoms with E-state index < -0.39 is 0 Å². The number of hydrogen-bond donors (Lipinski definition) is 2. The number of aromatic nitrogens is 8. The molecule has 0 saturated heterocycles. The van der Waals surface area contributed by atoms with E-state index in [9.17, 15) is 0 Å². The van der Waals surface area contributed by atoms with Crippen LogP contribution in [0.3, 0.4) is 0 Å². The monoisotopic (exact) mass is 335 g/mol. The summed E-state index contributed by atoms with van der Waals surface area (Å²) in [6.07, 6.45) is 0. The van der Waals surface area contributed by atoms with E-state index in [2.05, 4.69) is 41.5 Å². The lowest BCUT2D eigenvalue weighted by atomic mass is 10.2. The van der Waals surface area contributed by atoms with Crippen LogP contribution in [-0.2, 0) is 6.54 Å². The highest BCUT2D eigenvalue weighted by atomic mass is 16.5. The molecule has 0 amide bonds. The maximum atomic E-state index is 5.83. The molecule has 25 heavy (non-hydrogen) atoms. The highest BCUT2D eigenvalue weighted by molar-refractivity contribution is 5.35. The molecule has 0 radical (unpaired) electrons. The lowest BCUT2D eigenvalue weighted by Crippen LogP contribution is -2.02. The Morgan fingerprint density at radius 1 is 1.04 bits per heavy atom. The van der Waals surface area contributed by atoms with Gasteiger partial charge in [-0.15, -0.1) is 5.10 Å². The number of nitrogens with zero attached hydrogens (tertiary/aromatic N) is 7. The van der Waals surface area contributed by atoms with Crippen LogP contribution < -0.4 is 10.1 Å². The predicted molar refractivity (Wildman–Crippen MR) is 87.2 cm³/mol. The standard InChI is InChI=1S/C15H13N9O/c1-2-6-12(7-3-1)24-15(19-22-23-24)25-13-8-4-5-11(9-13)10-16-14-17-20-21-18-14/h1-9H,10H2,(H2,16,17,18,20,21). The van der Waals surface area contributed by atoms with Gasteiger partial charge < -0.3 is 10.1 Å². The van der Waals surface area contributed by atoms with Gasteiger partial charge in [-0.25, -0.2) is 0 Å². The third-order valence-electron chi connectivity index (χ3n) is 3.35. The summed E-state index contributed by atoms with van der Waals surface area (Å²) in [4.78, 5) is 0. The number of aromatic amines is 1. The first-order valence-corrected chi connectivity index (χ1v) is 7.46. The van der Waals surface area contributed by atoms with Gasteiger partial charge in [0.1, 0.15) is 5.75 Å². The van der Waals surface area contributed by atoms with Gasteiger partial charge in [0.25, 0.3) is 5.95 Å². The van der Waals surface area contributed by atoms with Gasteiger partial charge in [-0.05, 0) is 45.5 Å². The molecule has 0 bridgehead atoms. The van der Waals surface area contributed by atoms with Gasteiger partial charge in [-0.2, -0.15) is 9.90 Å². The fraction of sp³-hybridized carbons (Fsp3) is 0.0667. The van der Waals surface area contributed by atoms with E-state index in [-0.39, 0.29) is 6.01 Å².